The van der Waals surface area contributed by atoms with Gasteiger partial charge in [0.05, 0.1) is 4.92 Å². The SMILES string of the molecule is Cc1cc(Br)cc([N+](=O)[O-])c1Oc1ccc(C=O)c(Br)c1. The zero-order valence-electron chi connectivity index (χ0n) is 10.8. The number of hydrogen-bond acceptors (Lipinski definition) is 4. The zero-order valence-corrected chi connectivity index (χ0v) is 14.0. The fourth-order valence-electron chi connectivity index (χ4n) is 1.77. The summed E-state index contributed by atoms with van der Waals surface area (Å²) in [5.41, 5.74) is 0.980. The first kappa shape index (κ1) is 15.7. The molecular formula is C14H9Br2NO4. The molecule has 7 heteroatoms. The fourth-order valence-corrected chi connectivity index (χ4v) is 2.78. The molecule has 2 aromatic carbocycles. The molecule has 0 aliphatic carbocycles. The van der Waals surface area contributed by atoms with E-state index in [1.807, 2.05) is 0 Å². The van der Waals surface area contributed by atoms with Crippen molar-refractivity contribution in [1.82, 2.24) is 0 Å². The molecule has 0 aliphatic heterocycles. The third-order valence-corrected chi connectivity index (χ3v) is 3.88. The van der Waals surface area contributed by atoms with Crippen LogP contribution in [0.1, 0.15) is 15.9 Å². The predicted molar refractivity (Wildman–Crippen MR) is 85.1 cm³/mol. The minimum Gasteiger partial charge on any atom is -0.450 e. The molecule has 0 amide bonds. The highest BCUT2D eigenvalue weighted by molar-refractivity contribution is 9.10. The van der Waals surface area contributed by atoms with Crippen molar-refractivity contribution in [3.8, 4) is 11.5 Å². The van der Waals surface area contributed by atoms with Gasteiger partial charge in [-0.2, -0.15) is 0 Å². The molecule has 0 bridgehead atoms. The quantitative estimate of drug-likeness (QED) is 0.399. The molecule has 2 aromatic rings. The van der Waals surface area contributed by atoms with Crippen LogP contribution in [0, 0.1) is 17.0 Å². The van der Waals surface area contributed by atoms with Gasteiger partial charge in [0.2, 0.25) is 5.75 Å². The van der Waals surface area contributed by atoms with Crippen LogP contribution in [0.25, 0.3) is 0 Å². The number of nitro benzene ring substituents is 1. The molecule has 0 N–H and O–H groups in total. The number of hydrogen-bond donors (Lipinski definition) is 0. The zero-order chi connectivity index (χ0) is 15.6. The van der Waals surface area contributed by atoms with Crippen molar-refractivity contribution in [1.29, 1.82) is 0 Å². The van der Waals surface area contributed by atoms with E-state index < -0.39 is 4.92 Å². The van der Waals surface area contributed by atoms with E-state index in [0.29, 0.717) is 32.1 Å². The van der Waals surface area contributed by atoms with Gasteiger partial charge in [-0.05, 0) is 52.7 Å². The number of nitro groups is 1. The van der Waals surface area contributed by atoms with Crippen LogP contribution in [0.3, 0.4) is 0 Å². The summed E-state index contributed by atoms with van der Waals surface area (Å²) >= 11 is 6.47. The lowest BCUT2D eigenvalue weighted by molar-refractivity contribution is -0.385. The lowest BCUT2D eigenvalue weighted by Crippen LogP contribution is -1.96. The molecule has 0 saturated heterocycles. The van der Waals surface area contributed by atoms with Gasteiger partial charge in [-0.25, -0.2) is 0 Å². The average Bonchev–Trinajstić information content (AvgIpc) is 2.41. The van der Waals surface area contributed by atoms with Gasteiger partial charge in [0, 0.05) is 20.6 Å². The Bertz CT molecular complexity index is 731. The van der Waals surface area contributed by atoms with Gasteiger partial charge in [-0.15, -0.1) is 0 Å². The van der Waals surface area contributed by atoms with Gasteiger partial charge in [0.15, 0.2) is 6.29 Å². The van der Waals surface area contributed by atoms with Gasteiger partial charge in [0.1, 0.15) is 5.75 Å². The third kappa shape index (κ3) is 3.48. The summed E-state index contributed by atoms with van der Waals surface area (Å²) in [5.74, 6) is 0.579. The third-order valence-electron chi connectivity index (χ3n) is 2.74. The van der Waals surface area contributed by atoms with E-state index in [-0.39, 0.29) is 11.4 Å². The van der Waals surface area contributed by atoms with Gasteiger partial charge in [-0.1, -0.05) is 15.9 Å². The lowest BCUT2D eigenvalue weighted by Gasteiger charge is -2.10. The first-order chi connectivity index (χ1) is 9.92. The van der Waals surface area contributed by atoms with Crippen LogP contribution < -0.4 is 4.74 Å². The van der Waals surface area contributed by atoms with Crippen LogP contribution in [0.15, 0.2) is 39.3 Å². The van der Waals surface area contributed by atoms with E-state index >= 15 is 0 Å². The van der Waals surface area contributed by atoms with E-state index in [0.717, 1.165) is 0 Å². The summed E-state index contributed by atoms with van der Waals surface area (Å²) in [4.78, 5) is 21.4. The molecule has 0 radical (unpaired) electrons. The Balaban J connectivity index is 2.46. The number of nitrogens with zero attached hydrogens (tertiary/aromatic N) is 1. The van der Waals surface area contributed by atoms with Crippen molar-refractivity contribution < 1.29 is 14.5 Å². The maximum absolute atomic E-state index is 11.1. The summed E-state index contributed by atoms with van der Waals surface area (Å²) in [5, 5.41) is 11.1. The molecule has 0 fully saturated rings. The molecule has 21 heavy (non-hydrogen) atoms. The Morgan fingerprint density at radius 2 is 1.95 bits per heavy atom. The molecule has 0 spiro atoms. The van der Waals surface area contributed by atoms with Crippen molar-refractivity contribution in [2.45, 2.75) is 6.92 Å². The Labute approximate surface area is 137 Å². The Hall–Kier alpha value is -1.73. The average molecular weight is 415 g/mol. The van der Waals surface area contributed by atoms with Gasteiger partial charge in [-0.3, -0.25) is 14.9 Å². The summed E-state index contributed by atoms with van der Waals surface area (Å²) in [6.45, 7) is 1.72. The molecule has 0 unspecified atom stereocenters. The van der Waals surface area contributed by atoms with Crippen molar-refractivity contribution >= 4 is 43.8 Å². The normalized spacial score (nSPS) is 10.2. The first-order valence-electron chi connectivity index (χ1n) is 5.79. The predicted octanol–water partition coefficient (Wildman–Crippen LogP) is 5.03. The maximum atomic E-state index is 11.1. The van der Waals surface area contributed by atoms with Gasteiger partial charge in [0.25, 0.3) is 0 Å². The minimum absolute atomic E-state index is 0.127. The van der Waals surface area contributed by atoms with Gasteiger partial charge >= 0.3 is 5.69 Å². The highest BCUT2D eigenvalue weighted by Gasteiger charge is 2.20. The summed E-state index contributed by atoms with van der Waals surface area (Å²) < 4.78 is 6.80. The summed E-state index contributed by atoms with van der Waals surface area (Å²) in [6.07, 6.45) is 0.710. The molecule has 0 aliphatic rings. The number of carbonyl (C=O) groups is 1. The lowest BCUT2D eigenvalue weighted by atomic mass is 10.2. The topological polar surface area (TPSA) is 69.4 Å². The number of carbonyl (C=O) groups excluding carboxylic acids is 1. The number of benzene rings is 2. The van der Waals surface area contributed by atoms with Crippen LogP contribution >= 0.6 is 31.9 Å². The summed E-state index contributed by atoms with van der Waals surface area (Å²) in [6, 6.07) is 7.87. The summed E-state index contributed by atoms with van der Waals surface area (Å²) in [7, 11) is 0. The van der Waals surface area contributed by atoms with E-state index in [2.05, 4.69) is 31.9 Å². The second-order valence-electron chi connectivity index (χ2n) is 4.23. The molecule has 0 aromatic heterocycles. The van der Waals surface area contributed by atoms with Crippen molar-refractivity contribution in [3.63, 3.8) is 0 Å². The molecule has 108 valence electrons. The van der Waals surface area contributed by atoms with Crippen LogP contribution in [0.4, 0.5) is 5.69 Å². The van der Waals surface area contributed by atoms with Crippen LogP contribution in [-0.4, -0.2) is 11.2 Å². The highest BCUT2D eigenvalue weighted by Crippen LogP contribution is 2.37. The molecule has 0 saturated carbocycles. The molecule has 5 nitrogen and oxygen atoms in total. The minimum atomic E-state index is -0.498. The van der Waals surface area contributed by atoms with Crippen molar-refractivity contribution in [2.75, 3.05) is 0 Å². The van der Waals surface area contributed by atoms with E-state index in [4.69, 9.17) is 4.74 Å². The van der Waals surface area contributed by atoms with Crippen LogP contribution in [0.2, 0.25) is 0 Å². The second-order valence-corrected chi connectivity index (χ2v) is 6.00. The van der Waals surface area contributed by atoms with E-state index in [9.17, 15) is 14.9 Å². The van der Waals surface area contributed by atoms with Crippen molar-refractivity contribution in [2.24, 2.45) is 0 Å². The number of aryl methyl sites for hydroxylation is 1. The van der Waals surface area contributed by atoms with Crippen LogP contribution in [0.5, 0.6) is 11.5 Å². The maximum Gasteiger partial charge on any atom is 0.312 e. The molecular weight excluding hydrogens is 406 g/mol. The smallest absolute Gasteiger partial charge is 0.312 e. The Morgan fingerprint density at radius 3 is 2.52 bits per heavy atom. The highest BCUT2D eigenvalue weighted by atomic mass is 79.9. The fraction of sp³-hybridized carbons (Fsp3) is 0.0714. The monoisotopic (exact) mass is 413 g/mol. The standard InChI is InChI=1S/C14H9Br2NO4/c1-8-4-10(15)5-13(17(19)20)14(8)21-11-3-2-9(7-18)12(16)6-11/h2-7H,1H3. The number of rotatable bonds is 4. The van der Waals surface area contributed by atoms with E-state index in [1.165, 1.54) is 6.07 Å². The second kappa shape index (κ2) is 6.36. The largest absolute Gasteiger partial charge is 0.450 e. The van der Waals surface area contributed by atoms with Crippen molar-refractivity contribution in [3.05, 3.63) is 60.5 Å². The van der Waals surface area contributed by atoms with Crippen LogP contribution in [-0.2, 0) is 0 Å². The Morgan fingerprint density at radius 1 is 1.24 bits per heavy atom. The first-order valence-corrected chi connectivity index (χ1v) is 7.38. The van der Waals surface area contributed by atoms with E-state index in [1.54, 1.807) is 31.2 Å². The molecule has 0 atom stereocenters. The Kier molecular flexibility index (Phi) is 4.74. The number of halogens is 2. The number of ether oxygens (including phenoxy) is 1. The molecule has 2 rings (SSSR count). The molecule has 0 heterocycles. The van der Waals surface area contributed by atoms with Gasteiger partial charge < -0.3 is 4.74 Å². The number of aldehydes is 1.